The maximum Gasteiger partial charge on any atom is 0.326 e. The number of aliphatic hydroxyl groups is 3. The number of rotatable bonds is 26. The smallest absolute Gasteiger partial charge is 0.326 e. The minimum Gasteiger partial charge on any atom is -0.508 e. The summed E-state index contributed by atoms with van der Waals surface area (Å²) >= 11 is 0. The Morgan fingerprint density at radius 2 is 1.21 bits per heavy atom. The van der Waals surface area contributed by atoms with Gasteiger partial charge in [0.1, 0.15) is 54.1 Å². The van der Waals surface area contributed by atoms with Crippen molar-refractivity contribution >= 4 is 53.2 Å². The van der Waals surface area contributed by atoms with E-state index in [4.69, 9.17) is 5.73 Å². The molecular weight excluding hydrogens is 891 g/mol. The molecule has 0 unspecified atom stereocenters. The highest BCUT2D eigenvalue weighted by molar-refractivity contribution is 5.98. The molecule has 0 bridgehead atoms. The number of nitrogens with two attached hydrogens (primary N) is 1. The topological polar surface area (TPSA) is 368 Å². The van der Waals surface area contributed by atoms with Crippen molar-refractivity contribution in [3.63, 3.8) is 0 Å². The molecule has 1 aliphatic heterocycles. The van der Waals surface area contributed by atoms with Crippen LogP contribution < -0.4 is 43.0 Å². The highest BCUT2D eigenvalue weighted by Gasteiger charge is 2.42. The molecule has 382 valence electrons. The Morgan fingerprint density at radius 3 is 1.72 bits per heavy atom. The second-order valence-corrected chi connectivity index (χ2v) is 18.2. The lowest BCUT2D eigenvalue weighted by molar-refractivity contribution is -0.147. The van der Waals surface area contributed by atoms with Crippen LogP contribution in [-0.4, -0.2) is 163 Å². The van der Waals surface area contributed by atoms with Crippen LogP contribution in [0.3, 0.4) is 0 Å². The molecule has 23 nitrogen and oxygen atoms in total. The molecule has 1 saturated heterocycles. The molecular formula is C45H73N9O14. The third-order valence-corrected chi connectivity index (χ3v) is 11.6. The van der Waals surface area contributed by atoms with Gasteiger partial charge in [0.05, 0.1) is 24.9 Å². The fourth-order valence-electron chi connectivity index (χ4n) is 7.31. The first-order valence-electron chi connectivity index (χ1n) is 22.9. The van der Waals surface area contributed by atoms with Crippen molar-refractivity contribution < 1.29 is 68.7 Å². The number of aromatic hydroxyl groups is 1. The molecule has 8 amide bonds. The molecule has 1 aliphatic rings. The molecule has 1 aromatic carbocycles. The zero-order valence-electron chi connectivity index (χ0n) is 40.3. The van der Waals surface area contributed by atoms with Crippen molar-refractivity contribution in [2.45, 2.75) is 161 Å². The number of likely N-dealkylation sites (tertiary alicyclic amines) is 1. The summed E-state index contributed by atoms with van der Waals surface area (Å²) in [4.78, 5) is 120. The number of carboxylic acids is 1. The van der Waals surface area contributed by atoms with E-state index in [9.17, 15) is 68.7 Å². The Morgan fingerprint density at radius 1 is 0.676 bits per heavy atom. The van der Waals surface area contributed by atoms with Gasteiger partial charge in [-0.2, -0.15) is 0 Å². The number of phenolic OH excluding ortho intramolecular Hbond substituents is 1. The third-order valence-electron chi connectivity index (χ3n) is 11.6. The van der Waals surface area contributed by atoms with Crippen LogP contribution in [0.1, 0.15) is 93.6 Å². The van der Waals surface area contributed by atoms with Gasteiger partial charge in [-0.3, -0.25) is 38.4 Å². The first kappa shape index (κ1) is 58.2. The van der Waals surface area contributed by atoms with Gasteiger partial charge in [-0.1, -0.05) is 60.1 Å². The van der Waals surface area contributed by atoms with E-state index < -0.39 is 138 Å². The van der Waals surface area contributed by atoms with E-state index in [-0.39, 0.29) is 37.5 Å². The predicted molar refractivity (Wildman–Crippen MR) is 246 cm³/mol. The molecule has 23 heteroatoms. The molecule has 68 heavy (non-hydrogen) atoms. The minimum absolute atomic E-state index is 0.0360. The number of nitrogens with zero attached hydrogens (tertiary/aromatic N) is 1. The second kappa shape index (κ2) is 27.2. The summed E-state index contributed by atoms with van der Waals surface area (Å²) in [7, 11) is 0. The summed E-state index contributed by atoms with van der Waals surface area (Å²) in [5.41, 5.74) is 6.83. The Balaban J connectivity index is 2.14. The van der Waals surface area contributed by atoms with Crippen molar-refractivity contribution in [1.29, 1.82) is 0 Å². The Kier molecular flexibility index (Phi) is 23.3. The van der Waals surface area contributed by atoms with Crippen LogP contribution in [0.15, 0.2) is 24.3 Å². The maximum absolute atomic E-state index is 13.7. The summed E-state index contributed by atoms with van der Waals surface area (Å²) in [6.45, 7) is 12.9. The Labute approximate surface area is 396 Å². The van der Waals surface area contributed by atoms with Crippen LogP contribution in [0.5, 0.6) is 5.75 Å². The summed E-state index contributed by atoms with van der Waals surface area (Å²) in [5, 5.41) is 67.4. The normalized spacial score (nSPS) is 18.5. The van der Waals surface area contributed by atoms with E-state index in [0.29, 0.717) is 18.4 Å². The molecule has 0 spiro atoms. The summed E-state index contributed by atoms with van der Waals surface area (Å²) in [6.07, 6.45) is -1.98. The Bertz CT molecular complexity index is 1910. The molecule has 0 radical (unpaired) electrons. The third kappa shape index (κ3) is 17.3. The zero-order chi connectivity index (χ0) is 51.7. The highest BCUT2D eigenvalue weighted by Crippen LogP contribution is 2.21. The average Bonchev–Trinajstić information content (AvgIpc) is 3.77. The number of nitrogens with one attached hydrogen (secondary N) is 7. The summed E-state index contributed by atoms with van der Waals surface area (Å²) in [5.74, 6) is -9.29. The number of carboxylic acid groups (broad SMARTS) is 1. The molecule has 12 atom stereocenters. The standard InChI is InChI=1S/C45H73N9O14/c1-10-23(6)34(51-39(61)30(18-21(2)3)48-38(60)29(46)19-27-13-15-28(58)16-14-27)42(64)47-24(7)37(59)49-31(20-55)40(62)52-35(25(8)56)43(65)53-36(26(9)57)44(66)54-17-11-12-32(54)41(63)50-33(22(4)5)45(67)68/h13-16,21-26,29-36,55-58H,10-12,17-20,46H2,1-9H3,(H,47,64)(H,48,60)(H,49,59)(H,50,63)(H,51,61)(H,52,62)(H,53,65)(H,67,68)/t23-,24-,25+,26+,29-,30-,31-,32-,33-,34-,35-,36-/m0/s1. The van der Waals surface area contributed by atoms with Crippen LogP contribution in [0.2, 0.25) is 0 Å². The number of amides is 8. The second-order valence-electron chi connectivity index (χ2n) is 18.2. The van der Waals surface area contributed by atoms with E-state index in [1.54, 1.807) is 39.8 Å². The molecule has 1 aromatic rings. The number of phenols is 1. The lowest BCUT2D eigenvalue weighted by atomic mass is 9.96. The van der Waals surface area contributed by atoms with Crippen molar-refractivity contribution in [3.8, 4) is 5.75 Å². The van der Waals surface area contributed by atoms with E-state index in [1.165, 1.54) is 26.0 Å². The number of aliphatic carboxylic acids is 1. The quantitative estimate of drug-likeness (QED) is 0.0448. The average molecular weight is 964 g/mol. The number of carbonyl (C=O) groups excluding carboxylic acids is 8. The van der Waals surface area contributed by atoms with Gasteiger partial charge >= 0.3 is 5.97 Å². The van der Waals surface area contributed by atoms with Gasteiger partial charge in [0, 0.05) is 6.54 Å². The molecule has 14 N–H and O–H groups in total. The van der Waals surface area contributed by atoms with Gasteiger partial charge in [0.15, 0.2) is 0 Å². The van der Waals surface area contributed by atoms with Crippen molar-refractivity contribution in [1.82, 2.24) is 42.1 Å². The van der Waals surface area contributed by atoms with E-state index >= 15 is 0 Å². The van der Waals surface area contributed by atoms with Gasteiger partial charge in [0.2, 0.25) is 47.3 Å². The SMILES string of the molecule is CC[C@H](C)[C@H](NC(=O)[C@H](CC(C)C)NC(=O)[C@@H](N)Cc1ccc(O)cc1)C(=O)N[C@@H](C)C(=O)N[C@@H](CO)C(=O)N[C@H](C(=O)N[C@H](C(=O)N1CCC[C@H]1C(=O)N[C@H](C(=O)O)C(C)C)[C@@H](C)O)[C@@H](C)O. The Hall–Kier alpha value is -5.91. The number of aliphatic hydroxyl groups excluding tert-OH is 3. The van der Waals surface area contributed by atoms with Crippen molar-refractivity contribution in [3.05, 3.63) is 29.8 Å². The van der Waals surface area contributed by atoms with Crippen LogP contribution >= 0.6 is 0 Å². The fraction of sp³-hybridized carbons (Fsp3) is 0.667. The summed E-state index contributed by atoms with van der Waals surface area (Å²) < 4.78 is 0. The van der Waals surface area contributed by atoms with Crippen LogP contribution in [0.4, 0.5) is 0 Å². The predicted octanol–water partition coefficient (Wildman–Crippen LogP) is -2.75. The van der Waals surface area contributed by atoms with Crippen LogP contribution in [-0.2, 0) is 49.6 Å². The number of hydrogen-bond donors (Lipinski definition) is 13. The van der Waals surface area contributed by atoms with Crippen molar-refractivity contribution in [2.75, 3.05) is 13.2 Å². The van der Waals surface area contributed by atoms with Crippen molar-refractivity contribution in [2.24, 2.45) is 23.5 Å². The van der Waals surface area contributed by atoms with Gasteiger partial charge in [0.25, 0.3) is 0 Å². The molecule has 2 rings (SSSR count). The van der Waals surface area contributed by atoms with Gasteiger partial charge in [-0.15, -0.1) is 0 Å². The van der Waals surface area contributed by atoms with Crippen LogP contribution in [0, 0.1) is 17.8 Å². The van der Waals surface area contributed by atoms with E-state index in [1.807, 2.05) is 13.8 Å². The number of hydrogen-bond acceptors (Lipinski definition) is 14. The van der Waals surface area contributed by atoms with E-state index in [0.717, 1.165) is 11.8 Å². The van der Waals surface area contributed by atoms with Gasteiger partial charge < -0.3 is 73.4 Å². The first-order valence-corrected chi connectivity index (χ1v) is 22.9. The summed E-state index contributed by atoms with van der Waals surface area (Å²) in [6, 6.07) is -6.22. The molecule has 0 aromatic heterocycles. The molecule has 1 heterocycles. The molecule has 0 saturated carbocycles. The minimum atomic E-state index is -1.82. The molecule has 1 fully saturated rings. The monoisotopic (exact) mass is 964 g/mol. The number of carbonyl (C=O) groups is 9. The maximum atomic E-state index is 13.7. The molecule has 0 aliphatic carbocycles. The van der Waals surface area contributed by atoms with E-state index in [2.05, 4.69) is 37.2 Å². The largest absolute Gasteiger partial charge is 0.508 e. The lowest BCUT2D eigenvalue weighted by Gasteiger charge is -2.32. The zero-order valence-corrected chi connectivity index (χ0v) is 40.3. The van der Waals surface area contributed by atoms with Crippen LogP contribution in [0.25, 0.3) is 0 Å². The first-order chi connectivity index (χ1) is 31.7. The van der Waals surface area contributed by atoms with Gasteiger partial charge in [-0.25, -0.2) is 4.79 Å². The van der Waals surface area contributed by atoms with Gasteiger partial charge in [-0.05, 0) is 81.9 Å². The highest BCUT2D eigenvalue weighted by atomic mass is 16.4. The number of benzene rings is 1. The lowest BCUT2D eigenvalue weighted by Crippen LogP contribution is -2.63. The fourth-order valence-corrected chi connectivity index (χ4v) is 7.31.